The zero-order chi connectivity index (χ0) is 19.1. The Labute approximate surface area is 163 Å². The third-order valence-corrected chi connectivity index (χ3v) is 5.27. The van der Waals surface area contributed by atoms with Crippen molar-refractivity contribution in [2.24, 2.45) is 5.92 Å². The molecule has 0 radical (unpaired) electrons. The first-order valence-electron chi connectivity index (χ1n) is 8.84. The molecule has 0 saturated heterocycles. The minimum absolute atomic E-state index is 0.0223. The van der Waals surface area contributed by atoms with Crippen molar-refractivity contribution in [3.05, 3.63) is 70.2 Å². The van der Waals surface area contributed by atoms with Gasteiger partial charge in [0.1, 0.15) is 6.04 Å². The van der Waals surface area contributed by atoms with Crippen molar-refractivity contribution < 1.29 is 9.59 Å². The van der Waals surface area contributed by atoms with Crippen molar-refractivity contribution in [2.75, 3.05) is 0 Å². The number of amides is 2. The van der Waals surface area contributed by atoms with Gasteiger partial charge in [0.15, 0.2) is 0 Å². The maximum Gasteiger partial charge on any atom is 0.251 e. The predicted molar refractivity (Wildman–Crippen MR) is 108 cm³/mol. The van der Waals surface area contributed by atoms with Gasteiger partial charge in [0, 0.05) is 10.0 Å². The lowest BCUT2D eigenvalue weighted by Crippen LogP contribution is -2.50. The first kappa shape index (κ1) is 20.2. The predicted octanol–water partition coefficient (Wildman–Crippen LogP) is 4.47. The molecular formula is C21H25BrN2O2. The fourth-order valence-corrected chi connectivity index (χ4v) is 3.35. The Balaban J connectivity index is 2.12. The van der Waals surface area contributed by atoms with Crippen molar-refractivity contribution in [3.63, 3.8) is 0 Å². The highest BCUT2D eigenvalue weighted by Crippen LogP contribution is 2.23. The van der Waals surface area contributed by atoms with Crippen molar-refractivity contribution in [1.82, 2.24) is 10.6 Å². The number of nitrogens with one attached hydrogen (secondary N) is 2. The maximum atomic E-state index is 12.9. The van der Waals surface area contributed by atoms with E-state index >= 15 is 0 Å². The molecule has 0 aliphatic heterocycles. The monoisotopic (exact) mass is 416 g/mol. The summed E-state index contributed by atoms with van der Waals surface area (Å²) in [5.41, 5.74) is 1.55. The fourth-order valence-electron chi connectivity index (χ4n) is 2.72. The van der Waals surface area contributed by atoms with Gasteiger partial charge in [-0.05, 0) is 36.6 Å². The largest absolute Gasteiger partial charge is 0.348 e. The highest BCUT2D eigenvalue weighted by atomic mass is 79.9. The highest BCUT2D eigenvalue weighted by molar-refractivity contribution is 9.10. The molecule has 0 heterocycles. The summed E-state index contributed by atoms with van der Waals surface area (Å²) in [7, 11) is 0. The normalized spacial score (nSPS) is 14.2. The Bertz CT molecular complexity index is 749. The summed E-state index contributed by atoms with van der Waals surface area (Å²) in [6, 6.07) is 16.0. The van der Waals surface area contributed by atoms with Crippen LogP contribution in [0.3, 0.4) is 0 Å². The molecule has 2 rings (SSSR count). The number of hydrogen-bond acceptors (Lipinski definition) is 2. The number of benzene rings is 2. The SMILES string of the molecule is CC[C@H](C)[C@H](NC(=O)c1ccccc1)C(=O)NC(C)c1ccccc1Br. The number of carbonyl (C=O) groups excluding carboxylic acids is 2. The minimum atomic E-state index is -0.586. The Hall–Kier alpha value is -2.14. The molecule has 3 atom stereocenters. The van der Waals surface area contributed by atoms with E-state index in [1.165, 1.54) is 0 Å². The van der Waals surface area contributed by atoms with Crippen LogP contribution in [0.5, 0.6) is 0 Å². The maximum absolute atomic E-state index is 12.9. The van der Waals surface area contributed by atoms with Gasteiger partial charge in [0.25, 0.3) is 5.91 Å². The van der Waals surface area contributed by atoms with Gasteiger partial charge in [-0.15, -0.1) is 0 Å². The van der Waals surface area contributed by atoms with Crippen LogP contribution in [-0.4, -0.2) is 17.9 Å². The van der Waals surface area contributed by atoms with Crippen LogP contribution in [0.25, 0.3) is 0 Å². The third kappa shape index (κ3) is 5.18. The molecule has 4 nitrogen and oxygen atoms in total. The molecule has 2 aromatic carbocycles. The molecule has 0 fully saturated rings. The van der Waals surface area contributed by atoms with Crippen LogP contribution in [0.15, 0.2) is 59.1 Å². The van der Waals surface area contributed by atoms with Crippen molar-refractivity contribution >= 4 is 27.7 Å². The summed E-state index contributed by atoms with van der Waals surface area (Å²) in [6.07, 6.45) is 0.788. The molecule has 0 aliphatic carbocycles. The number of halogens is 1. The quantitative estimate of drug-likeness (QED) is 0.699. The van der Waals surface area contributed by atoms with E-state index in [-0.39, 0.29) is 23.8 Å². The van der Waals surface area contributed by atoms with Gasteiger partial charge in [-0.3, -0.25) is 9.59 Å². The van der Waals surface area contributed by atoms with Crippen LogP contribution in [-0.2, 0) is 4.79 Å². The summed E-state index contributed by atoms with van der Waals surface area (Å²) in [6.45, 7) is 5.92. The van der Waals surface area contributed by atoms with E-state index in [0.29, 0.717) is 5.56 Å². The lowest BCUT2D eigenvalue weighted by atomic mass is 9.97. The Kier molecular flexibility index (Phi) is 7.39. The molecular weight excluding hydrogens is 392 g/mol. The second-order valence-electron chi connectivity index (χ2n) is 6.45. The van der Waals surface area contributed by atoms with Gasteiger partial charge in [0.2, 0.25) is 5.91 Å². The van der Waals surface area contributed by atoms with Crippen molar-refractivity contribution in [1.29, 1.82) is 0 Å². The van der Waals surface area contributed by atoms with Gasteiger partial charge < -0.3 is 10.6 Å². The second kappa shape index (κ2) is 9.53. The van der Waals surface area contributed by atoms with E-state index in [4.69, 9.17) is 0 Å². The van der Waals surface area contributed by atoms with Crippen LogP contribution in [0.4, 0.5) is 0 Å². The van der Waals surface area contributed by atoms with E-state index in [0.717, 1.165) is 16.5 Å². The summed E-state index contributed by atoms with van der Waals surface area (Å²) in [4.78, 5) is 25.4. The summed E-state index contributed by atoms with van der Waals surface area (Å²) >= 11 is 3.52. The summed E-state index contributed by atoms with van der Waals surface area (Å²) in [5.74, 6) is -0.388. The smallest absolute Gasteiger partial charge is 0.251 e. The van der Waals surface area contributed by atoms with Gasteiger partial charge >= 0.3 is 0 Å². The van der Waals surface area contributed by atoms with E-state index < -0.39 is 6.04 Å². The molecule has 0 aliphatic rings. The van der Waals surface area contributed by atoms with Gasteiger partial charge in [-0.1, -0.05) is 72.6 Å². The fraction of sp³-hybridized carbons (Fsp3) is 0.333. The van der Waals surface area contributed by atoms with Crippen LogP contribution >= 0.6 is 15.9 Å². The van der Waals surface area contributed by atoms with Crippen LogP contribution in [0.1, 0.15) is 49.2 Å². The highest BCUT2D eigenvalue weighted by Gasteiger charge is 2.27. The van der Waals surface area contributed by atoms with E-state index in [2.05, 4.69) is 26.6 Å². The van der Waals surface area contributed by atoms with Gasteiger partial charge in [-0.2, -0.15) is 0 Å². The van der Waals surface area contributed by atoms with Crippen LogP contribution < -0.4 is 10.6 Å². The Morgan fingerprint density at radius 3 is 2.19 bits per heavy atom. The molecule has 0 aromatic heterocycles. The molecule has 2 amide bonds. The Morgan fingerprint density at radius 1 is 0.962 bits per heavy atom. The molecule has 1 unspecified atom stereocenters. The molecule has 0 bridgehead atoms. The first-order valence-corrected chi connectivity index (χ1v) is 9.64. The zero-order valence-electron chi connectivity index (χ0n) is 15.3. The number of rotatable bonds is 7. The van der Waals surface area contributed by atoms with Crippen molar-refractivity contribution in [3.8, 4) is 0 Å². The molecule has 0 saturated carbocycles. The minimum Gasteiger partial charge on any atom is -0.348 e. The van der Waals surface area contributed by atoms with Gasteiger partial charge in [-0.25, -0.2) is 0 Å². The third-order valence-electron chi connectivity index (χ3n) is 4.55. The Morgan fingerprint density at radius 2 is 1.58 bits per heavy atom. The van der Waals surface area contributed by atoms with E-state index in [1.807, 2.05) is 63.2 Å². The number of carbonyl (C=O) groups is 2. The molecule has 2 aromatic rings. The molecule has 2 N–H and O–H groups in total. The molecule has 0 spiro atoms. The van der Waals surface area contributed by atoms with E-state index in [1.54, 1.807) is 12.1 Å². The first-order chi connectivity index (χ1) is 12.4. The van der Waals surface area contributed by atoms with Crippen LogP contribution in [0.2, 0.25) is 0 Å². The molecule has 26 heavy (non-hydrogen) atoms. The summed E-state index contributed by atoms with van der Waals surface area (Å²) < 4.78 is 0.946. The second-order valence-corrected chi connectivity index (χ2v) is 7.31. The molecule has 5 heteroatoms. The average molecular weight is 417 g/mol. The molecule has 138 valence electrons. The van der Waals surface area contributed by atoms with Crippen LogP contribution in [0, 0.1) is 5.92 Å². The lowest BCUT2D eigenvalue weighted by molar-refractivity contribution is -0.124. The summed E-state index contributed by atoms with van der Waals surface area (Å²) in [5, 5.41) is 5.92. The topological polar surface area (TPSA) is 58.2 Å². The lowest BCUT2D eigenvalue weighted by Gasteiger charge is -2.26. The van der Waals surface area contributed by atoms with E-state index in [9.17, 15) is 9.59 Å². The van der Waals surface area contributed by atoms with Crippen molar-refractivity contribution in [2.45, 2.75) is 39.3 Å². The van der Waals surface area contributed by atoms with Gasteiger partial charge in [0.05, 0.1) is 6.04 Å². The number of hydrogen-bond donors (Lipinski definition) is 2. The zero-order valence-corrected chi connectivity index (χ0v) is 16.9. The standard InChI is InChI=1S/C21H25BrN2O2/c1-4-14(2)19(24-20(25)16-10-6-5-7-11-16)21(26)23-15(3)17-12-8-9-13-18(17)22/h5-15,19H,4H2,1-3H3,(H,23,26)(H,24,25)/t14-,15?,19-/m0/s1. The average Bonchev–Trinajstić information content (AvgIpc) is 2.66.